The Morgan fingerprint density at radius 1 is 1.25 bits per heavy atom. The van der Waals surface area contributed by atoms with Crippen LogP contribution in [0.1, 0.15) is 44.0 Å². The van der Waals surface area contributed by atoms with Gasteiger partial charge in [-0.3, -0.25) is 4.98 Å². The molecular formula is C13H21N3. The summed E-state index contributed by atoms with van der Waals surface area (Å²) < 4.78 is 0. The molecular weight excluding hydrogens is 198 g/mol. The molecule has 0 radical (unpaired) electrons. The van der Waals surface area contributed by atoms with Gasteiger partial charge < -0.3 is 5.32 Å². The standard InChI is InChI=1S/C13H21N3/c1-10-11(2)16-12(8-14-10)15-9-13(3)6-4-5-7-13/h8H,4-7,9H2,1-3H3,(H,15,16). The number of hydrogen-bond donors (Lipinski definition) is 1. The first-order chi connectivity index (χ1) is 7.59. The molecule has 16 heavy (non-hydrogen) atoms. The van der Waals surface area contributed by atoms with Crippen molar-refractivity contribution in [3.05, 3.63) is 17.6 Å². The van der Waals surface area contributed by atoms with Crippen molar-refractivity contribution in [2.75, 3.05) is 11.9 Å². The number of rotatable bonds is 3. The highest BCUT2D eigenvalue weighted by Crippen LogP contribution is 2.37. The Morgan fingerprint density at radius 2 is 1.94 bits per heavy atom. The van der Waals surface area contributed by atoms with Crippen molar-refractivity contribution in [1.82, 2.24) is 9.97 Å². The second-order valence-electron chi connectivity index (χ2n) is 5.30. The highest BCUT2D eigenvalue weighted by molar-refractivity contribution is 5.33. The van der Waals surface area contributed by atoms with Gasteiger partial charge in [-0.1, -0.05) is 19.8 Å². The first-order valence-corrected chi connectivity index (χ1v) is 6.13. The second kappa shape index (κ2) is 4.40. The lowest BCUT2D eigenvalue weighted by Gasteiger charge is -2.24. The van der Waals surface area contributed by atoms with Gasteiger partial charge >= 0.3 is 0 Å². The molecule has 0 bridgehead atoms. The zero-order valence-corrected chi connectivity index (χ0v) is 10.5. The summed E-state index contributed by atoms with van der Waals surface area (Å²) in [5.74, 6) is 0.913. The number of aryl methyl sites for hydroxylation is 2. The van der Waals surface area contributed by atoms with E-state index in [0.29, 0.717) is 5.41 Å². The van der Waals surface area contributed by atoms with Gasteiger partial charge in [0.2, 0.25) is 0 Å². The Balaban J connectivity index is 1.96. The van der Waals surface area contributed by atoms with E-state index >= 15 is 0 Å². The highest BCUT2D eigenvalue weighted by Gasteiger charge is 2.28. The first-order valence-electron chi connectivity index (χ1n) is 6.13. The summed E-state index contributed by atoms with van der Waals surface area (Å²) in [5, 5.41) is 3.42. The molecule has 0 unspecified atom stereocenters. The molecule has 0 aromatic carbocycles. The molecule has 2 rings (SSSR count). The lowest BCUT2D eigenvalue weighted by Crippen LogP contribution is -2.23. The summed E-state index contributed by atoms with van der Waals surface area (Å²) >= 11 is 0. The summed E-state index contributed by atoms with van der Waals surface area (Å²) in [6, 6.07) is 0. The smallest absolute Gasteiger partial charge is 0.144 e. The zero-order valence-electron chi connectivity index (χ0n) is 10.5. The average molecular weight is 219 g/mol. The van der Waals surface area contributed by atoms with Gasteiger partial charge in [0.05, 0.1) is 17.6 Å². The lowest BCUT2D eigenvalue weighted by atomic mass is 9.89. The molecule has 0 atom stereocenters. The van der Waals surface area contributed by atoms with Gasteiger partial charge in [0.1, 0.15) is 5.82 Å². The van der Waals surface area contributed by atoms with Crippen LogP contribution in [-0.2, 0) is 0 Å². The maximum atomic E-state index is 4.49. The van der Waals surface area contributed by atoms with Crippen LogP contribution in [0.3, 0.4) is 0 Å². The largest absolute Gasteiger partial charge is 0.368 e. The monoisotopic (exact) mass is 219 g/mol. The van der Waals surface area contributed by atoms with Gasteiger partial charge in [0, 0.05) is 6.54 Å². The van der Waals surface area contributed by atoms with E-state index in [2.05, 4.69) is 22.2 Å². The third-order valence-corrected chi connectivity index (χ3v) is 3.70. The molecule has 1 aliphatic rings. The Hall–Kier alpha value is -1.12. The number of nitrogens with zero attached hydrogens (tertiary/aromatic N) is 2. The second-order valence-corrected chi connectivity index (χ2v) is 5.30. The van der Waals surface area contributed by atoms with Crippen LogP contribution < -0.4 is 5.32 Å². The zero-order chi connectivity index (χ0) is 11.6. The molecule has 1 saturated carbocycles. The number of hydrogen-bond acceptors (Lipinski definition) is 3. The van der Waals surface area contributed by atoms with E-state index in [1.54, 1.807) is 0 Å². The summed E-state index contributed by atoms with van der Waals surface area (Å²) in [7, 11) is 0. The van der Waals surface area contributed by atoms with E-state index in [0.717, 1.165) is 23.8 Å². The maximum Gasteiger partial charge on any atom is 0.144 e. The predicted octanol–water partition coefficient (Wildman–Crippen LogP) is 3.09. The first kappa shape index (κ1) is 11.4. The van der Waals surface area contributed by atoms with Crippen molar-refractivity contribution in [1.29, 1.82) is 0 Å². The van der Waals surface area contributed by atoms with Crippen LogP contribution in [-0.4, -0.2) is 16.5 Å². The van der Waals surface area contributed by atoms with Gasteiger partial charge in [0.15, 0.2) is 0 Å². The molecule has 3 heteroatoms. The lowest BCUT2D eigenvalue weighted by molar-refractivity contribution is 0.361. The molecule has 1 aromatic rings. The Labute approximate surface area is 97.7 Å². The molecule has 3 nitrogen and oxygen atoms in total. The molecule has 0 aliphatic heterocycles. The van der Waals surface area contributed by atoms with Crippen molar-refractivity contribution in [3.63, 3.8) is 0 Å². The van der Waals surface area contributed by atoms with E-state index < -0.39 is 0 Å². The van der Waals surface area contributed by atoms with Crippen LogP contribution >= 0.6 is 0 Å². The van der Waals surface area contributed by atoms with Gasteiger partial charge in [-0.15, -0.1) is 0 Å². The fraction of sp³-hybridized carbons (Fsp3) is 0.692. The van der Waals surface area contributed by atoms with Crippen LogP contribution in [0.4, 0.5) is 5.82 Å². The Morgan fingerprint density at radius 3 is 2.56 bits per heavy atom. The Kier molecular flexibility index (Phi) is 3.13. The normalized spacial score (nSPS) is 18.7. The average Bonchev–Trinajstić information content (AvgIpc) is 2.68. The molecule has 1 heterocycles. The van der Waals surface area contributed by atoms with Gasteiger partial charge in [-0.25, -0.2) is 4.98 Å². The summed E-state index contributed by atoms with van der Waals surface area (Å²) in [6.45, 7) is 7.38. The van der Waals surface area contributed by atoms with Crippen LogP contribution in [0.25, 0.3) is 0 Å². The van der Waals surface area contributed by atoms with E-state index in [1.807, 2.05) is 20.0 Å². The quantitative estimate of drug-likeness (QED) is 0.849. The topological polar surface area (TPSA) is 37.8 Å². The van der Waals surface area contributed by atoms with Crippen LogP contribution in [0.5, 0.6) is 0 Å². The molecule has 1 N–H and O–H groups in total. The fourth-order valence-electron chi connectivity index (χ4n) is 2.34. The van der Waals surface area contributed by atoms with Crippen molar-refractivity contribution >= 4 is 5.82 Å². The van der Waals surface area contributed by atoms with E-state index in [-0.39, 0.29) is 0 Å². The molecule has 0 saturated heterocycles. The summed E-state index contributed by atoms with van der Waals surface area (Å²) in [6.07, 6.45) is 7.24. The molecule has 0 amide bonds. The minimum atomic E-state index is 0.459. The number of aromatic nitrogens is 2. The number of anilines is 1. The summed E-state index contributed by atoms with van der Waals surface area (Å²) in [4.78, 5) is 8.81. The van der Waals surface area contributed by atoms with Crippen LogP contribution in [0, 0.1) is 19.3 Å². The Bertz CT molecular complexity index is 367. The number of nitrogens with one attached hydrogen (secondary N) is 1. The predicted molar refractivity (Wildman–Crippen MR) is 66.6 cm³/mol. The van der Waals surface area contributed by atoms with Crippen molar-refractivity contribution in [2.24, 2.45) is 5.41 Å². The molecule has 1 aromatic heterocycles. The molecule has 0 spiro atoms. The van der Waals surface area contributed by atoms with Gasteiger partial charge in [-0.05, 0) is 32.1 Å². The third-order valence-electron chi connectivity index (χ3n) is 3.70. The van der Waals surface area contributed by atoms with Crippen LogP contribution in [0.2, 0.25) is 0 Å². The fourth-order valence-corrected chi connectivity index (χ4v) is 2.34. The highest BCUT2D eigenvalue weighted by atomic mass is 15.0. The van der Waals surface area contributed by atoms with E-state index in [1.165, 1.54) is 25.7 Å². The van der Waals surface area contributed by atoms with Crippen molar-refractivity contribution in [2.45, 2.75) is 46.5 Å². The molecule has 1 aliphatic carbocycles. The van der Waals surface area contributed by atoms with E-state index in [9.17, 15) is 0 Å². The maximum absolute atomic E-state index is 4.49. The van der Waals surface area contributed by atoms with Crippen molar-refractivity contribution in [3.8, 4) is 0 Å². The molecule has 88 valence electrons. The SMILES string of the molecule is Cc1ncc(NCC2(C)CCCC2)nc1C. The van der Waals surface area contributed by atoms with Gasteiger partial charge in [-0.2, -0.15) is 0 Å². The van der Waals surface area contributed by atoms with Gasteiger partial charge in [0.25, 0.3) is 0 Å². The van der Waals surface area contributed by atoms with Crippen LogP contribution in [0.15, 0.2) is 6.20 Å². The third kappa shape index (κ3) is 2.52. The minimum Gasteiger partial charge on any atom is -0.368 e. The van der Waals surface area contributed by atoms with E-state index in [4.69, 9.17) is 0 Å². The molecule has 1 fully saturated rings. The summed E-state index contributed by atoms with van der Waals surface area (Å²) in [5.41, 5.74) is 2.49. The van der Waals surface area contributed by atoms with Crippen molar-refractivity contribution < 1.29 is 0 Å². The minimum absolute atomic E-state index is 0.459.